The molecule has 2 rings (SSSR count). The smallest absolute Gasteiger partial charge is 0.297 e. The molecule has 0 unspecified atom stereocenters. The van der Waals surface area contributed by atoms with Crippen LogP contribution in [0.3, 0.4) is 0 Å². The molecule has 1 aliphatic rings. The van der Waals surface area contributed by atoms with Crippen molar-refractivity contribution in [1.82, 2.24) is 10.3 Å². The second-order valence-electron chi connectivity index (χ2n) is 5.38. The molecule has 1 aromatic rings. The van der Waals surface area contributed by atoms with Gasteiger partial charge in [-0.05, 0) is 32.7 Å². The number of nitrogens with one attached hydrogen (secondary N) is 1. The van der Waals surface area contributed by atoms with Crippen molar-refractivity contribution in [3.63, 3.8) is 0 Å². The molecule has 0 bridgehead atoms. The highest BCUT2D eigenvalue weighted by Gasteiger charge is 2.23. The van der Waals surface area contributed by atoms with Crippen LogP contribution in [0.2, 0.25) is 0 Å². The quantitative estimate of drug-likeness (QED) is 0.768. The maximum atomic E-state index is 5.68. The Kier molecular flexibility index (Phi) is 5.70. The molecule has 0 aliphatic heterocycles. The van der Waals surface area contributed by atoms with Gasteiger partial charge >= 0.3 is 0 Å². The summed E-state index contributed by atoms with van der Waals surface area (Å²) in [6, 6.07) is 1.43. The Labute approximate surface area is 116 Å². The van der Waals surface area contributed by atoms with Crippen molar-refractivity contribution >= 4 is 6.01 Å². The van der Waals surface area contributed by atoms with Gasteiger partial charge in [0.15, 0.2) is 0 Å². The Balaban J connectivity index is 1.94. The Morgan fingerprint density at radius 3 is 2.79 bits per heavy atom. The molecule has 0 amide bonds. The van der Waals surface area contributed by atoms with E-state index in [2.05, 4.69) is 29.0 Å². The molecule has 19 heavy (non-hydrogen) atoms. The summed E-state index contributed by atoms with van der Waals surface area (Å²) >= 11 is 0. The topological polar surface area (TPSA) is 41.3 Å². The van der Waals surface area contributed by atoms with Gasteiger partial charge in [-0.25, -0.2) is 0 Å². The highest BCUT2D eigenvalue weighted by Crippen LogP contribution is 2.26. The van der Waals surface area contributed by atoms with Crippen LogP contribution in [0.4, 0.5) is 6.01 Å². The highest BCUT2D eigenvalue weighted by molar-refractivity contribution is 5.29. The molecular formula is C15H27N3O. The Morgan fingerprint density at radius 1 is 1.32 bits per heavy atom. The van der Waals surface area contributed by atoms with Crippen LogP contribution in [0, 0.1) is 0 Å². The lowest BCUT2D eigenvalue weighted by atomic mass is 9.94. The zero-order chi connectivity index (χ0) is 13.5. The van der Waals surface area contributed by atoms with Crippen LogP contribution in [0.5, 0.6) is 0 Å². The van der Waals surface area contributed by atoms with E-state index in [9.17, 15) is 0 Å². The first kappa shape index (κ1) is 14.4. The summed E-state index contributed by atoms with van der Waals surface area (Å²) in [5.41, 5.74) is 1.01. The van der Waals surface area contributed by atoms with Crippen molar-refractivity contribution in [2.45, 2.75) is 65.0 Å². The fraction of sp³-hybridized carbons (Fsp3) is 0.800. The second kappa shape index (κ2) is 7.53. The molecule has 0 saturated heterocycles. The van der Waals surface area contributed by atoms with E-state index >= 15 is 0 Å². The largest absolute Gasteiger partial charge is 0.432 e. The summed E-state index contributed by atoms with van der Waals surface area (Å²) in [5, 5.41) is 3.36. The molecule has 4 nitrogen and oxygen atoms in total. The van der Waals surface area contributed by atoms with Crippen LogP contribution in [-0.2, 0) is 6.54 Å². The predicted octanol–water partition coefficient (Wildman–Crippen LogP) is 3.33. The van der Waals surface area contributed by atoms with Gasteiger partial charge in [-0.2, -0.15) is 4.98 Å². The summed E-state index contributed by atoms with van der Waals surface area (Å²) in [4.78, 5) is 6.96. The predicted molar refractivity (Wildman–Crippen MR) is 78.4 cm³/mol. The molecule has 1 aromatic heterocycles. The monoisotopic (exact) mass is 265 g/mol. The summed E-state index contributed by atoms with van der Waals surface area (Å²) in [6.07, 6.45) is 9.56. The molecule has 1 N–H and O–H groups in total. The van der Waals surface area contributed by atoms with E-state index in [0.717, 1.165) is 37.8 Å². The molecule has 0 radical (unpaired) electrons. The lowest BCUT2D eigenvalue weighted by Gasteiger charge is -2.32. The fourth-order valence-corrected chi connectivity index (χ4v) is 2.84. The van der Waals surface area contributed by atoms with Crippen molar-refractivity contribution in [2.24, 2.45) is 0 Å². The number of aromatic nitrogens is 1. The van der Waals surface area contributed by atoms with E-state index in [4.69, 9.17) is 4.42 Å². The van der Waals surface area contributed by atoms with Crippen LogP contribution in [0.1, 0.15) is 58.1 Å². The maximum Gasteiger partial charge on any atom is 0.297 e. The number of hydrogen-bond donors (Lipinski definition) is 1. The van der Waals surface area contributed by atoms with Crippen molar-refractivity contribution < 1.29 is 4.42 Å². The summed E-state index contributed by atoms with van der Waals surface area (Å²) in [7, 11) is 0. The van der Waals surface area contributed by atoms with Gasteiger partial charge in [-0.1, -0.05) is 26.2 Å². The van der Waals surface area contributed by atoms with Crippen LogP contribution in [0.15, 0.2) is 10.7 Å². The van der Waals surface area contributed by atoms with E-state index < -0.39 is 0 Å². The Morgan fingerprint density at radius 2 is 2.11 bits per heavy atom. The maximum absolute atomic E-state index is 5.68. The Bertz CT molecular complexity index is 358. The van der Waals surface area contributed by atoms with Crippen molar-refractivity contribution in [1.29, 1.82) is 0 Å². The lowest BCUT2D eigenvalue weighted by molar-refractivity contribution is 0.394. The van der Waals surface area contributed by atoms with Crippen molar-refractivity contribution in [3.05, 3.63) is 12.0 Å². The normalized spacial score (nSPS) is 16.7. The molecule has 1 aliphatic carbocycles. The van der Waals surface area contributed by atoms with Crippen LogP contribution in [0.25, 0.3) is 0 Å². The summed E-state index contributed by atoms with van der Waals surface area (Å²) in [5.74, 6) is 0. The summed E-state index contributed by atoms with van der Waals surface area (Å²) < 4.78 is 5.68. The molecule has 1 heterocycles. The van der Waals surface area contributed by atoms with Gasteiger partial charge in [-0.15, -0.1) is 0 Å². The molecule has 108 valence electrons. The minimum atomic E-state index is 0.619. The third kappa shape index (κ3) is 3.96. The number of anilines is 1. The SMILES string of the molecule is CCCNCc1coc(N(CC)C2CCCCC2)n1. The number of nitrogens with zero attached hydrogens (tertiary/aromatic N) is 2. The zero-order valence-electron chi connectivity index (χ0n) is 12.3. The molecule has 1 saturated carbocycles. The second-order valence-corrected chi connectivity index (χ2v) is 5.38. The summed E-state index contributed by atoms with van der Waals surface area (Å²) in [6.45, 7) is 7.17. The minimum Gasteiger partial charge on any atom is -0.432 e. The average Bonchev–Trinajstić information content (AvgIpc) is 2.90. The average molecular weight is 265 g/mol. The first-order valence-electron chi connectivity index (χ1n) is 7.77. The molecule has 0 aromatic carbocycles. The van der Waals surface area contributed by atoms with Crippen molar-refractivity contribution in [2.75, 3.05) is 18.0 Å². The van der Waals surface area contributed by atoms with Crippen LogP contribution in [-0.4, -0.2) is 24.1 Å². The van der Waals surface area contributed by atoms with Gasteiger partial charge < -0.3 is 14.6 Å². The third-order valence-corrected chi connectivity index (χ3v) is 3.87. The van der Waals surface area contributed by atoms with E-state index in [0.29, 0.717) is 6.04 Å². The van der Waals surface area contributed by atoms with Gasteiger partial charge in [0.25, 0.3) is 6.01 Å². The third-order valence-electron chi connectivity index (χ3n) is 3.87. The molecule has 1 fully saturated rings. The van der Waals surface area contributed by atoms with Crippen molar-refractivity contribution in [3.8, 4) is 0 Å². The first-order valence-corrected chi connectivity index (χ1v) is 7.77. The van der Waals surface area contributed by atoms with E-state index in [1.54, 1.807) is 6.26 Å². The highest BCUT2D eigenvalue weighted by atomic mass is 16.4. The lowest BCUT2D eigenvalue weighted by Crippen LogP contribution is -2.36. The number of hydrogen-bond acceptors (Lipinski definition) is 4. The number of rotatable bonds is 7. The van der Waals surface area contributed by atoms with Gasteiger partial charge in [0.2, 0.25) is 0 Å². The minimum absolute atomic E-state index is 0.619. The molecule has 0 spiro atoms. The van der Waals surface area contributed by atoms with Crippen LogP contribution >= 0.6 is 0 Å². The van der Waals surface area contributed by atoms with E-state index in [-0.39, 0.29) is 0 Å². The molecule has 0 atom stereocenters. The molecular weight excluding hydrogens is 238 g/mol. The van der Waals surface area contributed by atoms with Crippen LogP contribution < -0.4 is 10.2 Å². The van der Waals surface area contributed by atoms with Gasteiger partial charge in [-0.3, -0.25) is 0 Å². The number of oxazole rings is 1. The zero-order valence-corrected chi connectivity index (χ0v) is 12.3. The van der Waals surface area contributed by atoms with Gasteiger partial charge in [0.05, 0.1) is 5.69 Å². The van der Waals surface area contributed by atoms with Gasteiger partial charge in [0, 0.05) is 19.1 Å². The van der Waals surface area contributed by atoms with Gasteiger partial charge in [0.1, 0.15) is 6.26 Å². The molecule has 4 heteroatoms. The van der Waals surface area contributed by atoms with E-state index in [1.807, 2.05) is 0 Å². The first-order chi connectivity index (χ1) is 9.35. The Hall–Kier alpha value is -1.03. The fourth-order valence-electron chi connectivity index (χ4n) is 2.84. The standard InChI is InChI=1S/C15H27N3O/c1-3-10-16-11-13-12-19-15(17-13)18(4-2)14-8-6-5-7-9-14/h12,14,16H,3-11H2,1-2H3. The van der Waals surface area contributed by atoms with E-state index in [1.165, 1.54) is 32.1 Å².